The highest BCUT2D eigenvalue weighted by atomic mass is 16.5. The van der Waals surface area contributed by atoms with Crippen molar-refractivity contribution in [2.45, 2.75) is 6.10 Å². The highest BCUT2D eigenvalue weighted by Gasteiger charge is 2.21. The molecule has 1 heterocycles. The Hall–Kier alpha value is -2.21. The Labute approximate surface area is 161 Å². The SMILES string of the molecule is CNCC(=O)N1CCN(CCOC(c2ccccc2)c2ccccc2)CC1. The zero-order chi connectivity index (χ0) is 18.9. The van der Waals surface area contributed by atoms with Crippen LogP contribution in [0.1, 0.15) is 17.2 Å². The summed E-state index contributed by atoms with van der Waals surface area (Å²) in [6.45, 7) is 5.35. The van der Waals surface area contributed by atoms with E-state index < -0.39 is 0 Å². The molecule has 1 aliphatic heterocycles. The number of carbonyl (C=O) groups is 1. The van der Waals surface area contributed by atoms with E-state index in [1.807, 2.05) is 17.0 Å². The van der Waals surface area contributed by atoms with Crippen LogP contribution in [0.25, 0.3) is 0 Å². The van der Waals surface area contributed by atoms with Gasteiger partial charge in [0.05, 0.1) is 13.2 Å². The number of amides is 1. The van der Waals surface area contributed by atoms with E-state index in [-0.39, 0.29) is 12.0 Å². The maximum absolute atomic E-state index is 11.9. The molecule has 2 aromatic carbocycles. The van der Waals surface area contributed by atoms with Crippen molar-refractivity contribution in [3.05, 3.63) is 71.8 Å². The second kappa shape index (κ2) is 10.2. The highest BCUT2D eigenvalue weighted by Crippen LogP contribution is 2.25. The van der Waals surface area contributed by atoms with Gasteiger partial charge in [-0.15, -0.1) is 0 Å². The summed E-state index contributed by atoms with van der Waals surface area (Å²) in [7, 11) is 1.81. The number of rotatable bonds is 8. The molecule has 0 unspecified atom stereocenters. The van der Waals surface area contributed by atoms with Gasteiger partial charge < -0.3 is 15.0 Å². The van der Waals surface area contributed by atoms with Crippen molar-refractivity contribution in [3.63, 3.8) is 0 Å². The first-order chi connectivity index (χ1) is 13.3. The second-order valence-electron chi connectivity index (χ2n) is 6.82. The molecule has 144 valence electrons. The third-order valence-electron chi connectivity index (χ3n) is 4.95. The molecule has 2 aromatic rings. The summed E-state index contributed by atoms with van der Waals surface area (Å²) in [6.07, 6.45) is -0.0501. The number of hydrogen-bond acceptors (Lipinski definition) is 4. The van der Waals surface area contributed by atoms with Crippen molar-refractivity contribution in [1.82, 2.24) is 15.1 Å². The van der Waals surface area contributed by atoms with E-state index in [2.05, 4.69) is 58.7 Å². The molecule has 27 heavy (non-hydrogen) atoms. The lowest BCUT2D eigenvalue weighted by molar-refractivity contribution is -0.132. The van der Waals surface area contributed by atoms with Crippen molar-refractivity contribution in [2.75, 3.05) is 52.9 Å². The molecule has 0 spiro atoms. The van der Waals surface area contributed by atoms with Crippen molar-refractivity contribution < 1.29 is 9.53 Å². The number of piperazine rings is 1. The van der Waals surface area contributed by atoms with Gasteiger partial charge in [0.15, 0.2) is 0 Å². The molecule has 0 atom stereocenters. The summed E-state index contributed by atoms with van der Waals surface area (Å²) in [6, 6.07) is 20.7. The second-order valence-corrected chi connectivity index (χ2v) is 6.82. The fourth-order valence-corrected chi connectivity index (χ4v) is 3.42. The zero-order valence-electron chi connectivity index (χ0n) is 16.0. The van der Waals surface area contributed by atoms with Crippen LogP contribution in [0.15, 0.2) is 60.7 Å². The van der Waals surface area contributed by atoms with Crippen molar-refractivity contribution >= 4 is 5.91 Å². The number of nitrogens with one attached hydrogen (secondary N) is 1. The topological polar surface area (TPSA) is 44.8 Å². The van der Waals surface area contributed by atoms with Gasteiger partial charge in [-0.3, -0.25) is 9.69 Å². The summed E-state index contributed by atoms with van der Waals surface area (Å²) < 4.78 is 6.30. The first-order valence-corrected chi connectivity index (χ1v) is 9.64. The number of ether oxygens (including phenoxy) is 1. The van der Waals surface area contributed by atoms with Crippen LogP contribution in [-0.4, -0.2) is 68.6 Å². The summed E-state index contributed by atoms with van der Waals surface area (Å²) in [5.74, 6) is 0.182. The fourth-order valence-electron chi connectivity index (χ4n) is 3.42. The standard InChI is InChI=1S/C22H29N3O2/c1-23-18-21(26)25-14-12-24(13-15-25)16-17-27-22(19-8-4-2-5-9-19)20-10-6-3-7-11-20/h2-11,22-23H,12-18H2,1H3. The van der Waals surface area contributed by atoms with Crippen molar-refractivity contribution in [1.29, 1.82) is 0 Å². The molecular weight excluding hydrogens is 338 g/mol. The Bertz CT molecular complexity index is 646. The Morgan fingerprint density at radius 1 is 0.963 bits per heavy atom. The Morgan fingerprint density at radius 3 is 2.04 bits per heavy atom. The molecule has 1 N–H and O–H groups in total. The minimum atomic E-state index is -0.0501. The molecule has 0 saturated carbocycles. The van der Waals surface area contributed by atoms with E-state index in [0.717, 1.165) is 32.7 Å². The fraction of sp³-hybridized carbons (Fsp3) is 0.409. The van der Waals surface area contributed by atoms with Gasteiger partial charge >= 0.3 is 0 Å². The lowest BCUT2D eigenvalue weighted by Gasteiger charge is -2.35. The molecule has 1 saturated heterocycles. The molecule has 1 amide bonds. The summed E-state index contributed by atoms with van der Waals surface area (Å²) >= 11 is 0. The smallest absolute Gasteiger partial charge is 0.236 e. The Morgan fingerprint density at radius 2 is 1.52 bits per heavy atom. The quantitative estimate of drug-likeness (QED) is 0.777. The first kappa shape index (κ1) is 19.5. The molecule has 5 nitrogen and oxygen atoms in total. The lowest BCUT2D eigenvalue weighted by atomic mass is 10.0. The number of nitrogens with zero attached hydrogens (tertiary/aromatic N) is 2. The van der Waals surface area contributed by atoms with Crippen LogP contribution in [0.3, 0.4) is 0 Å². The third kappa shape index (κ3) is 5.63. The van der Waals surface area contributed by atoms with Gasteiger partial charge in [0.1, 0.15) is 6.10 Å². The van der Waals surface area contributed by atoms with E-state index in [9.17, 15) is 4.79 Å². The van der Waals surface area contributed by atoms with E-state index >= 15 is 0 Å². The molecule has 1 fully saturated rings. The van der Waals surface area contributed by atoms with E-state index in [1.54, 1.807) is 7.05 Å². The first-order valence-electron chi connectivity index (χ1n) is 9.64. The molecule has 0 radical (unpaired) electrons. The van der Waals surface area contributed by atoms with E-state index in [4.69, 9.17) is 4.74 Å². The van der Waals surface area contributed by atoms with Gasteiger partial charge in [-0.2, -0.15) is 0 Å². The molecule has 0 bridgehead atoms. The third-order valence-corrected chi connectivity index (χ3v) is 4.95. The molecule has 0 aromatic heterocycles. The van der Waals surface area contributed by atoms with Gasteiger partial charge in [-0.1, -0.05) is 60.7 Å². The highest BCUT2D eigenvalue weighted by molar-refractivity contribution is 5.78. The van der Waals surface area contributed by atoms with Crippen molar-refractivity contribution in [2.24, 2.45) is 0 Å². The number of hydrogen-bond donors (Lipinski definition) is 1. The summed E-state index contributed by atoms with van der Waals surface area (Å²) in [5, 5.41) is 2.93. The van der Waals surface area contributed by atoms with Crippen LogP contribution in [0, 0.1) is 0 Å². The summed E-state index contributed by atoms with van der Waals surface area (Å²) in [4.78, 5) is 16.2. The van der Waals surface area contributed by atoms with Crippen LogP contribution in [0.5, 0.6) is 0 Å². The van der Waals surface area contributed by atoms with E-state index in [1.165, 1.54) is 11.1 Å². The van der Waals surface area contributed by atoms with Gasteiger partial charge in [-0.25, -0.2) is 0 Å². The van der Waals surface area contributed by atoms with Crippen LogP contribution in [0.4, 0.5) is 0 Å². The predicted octanol–water partition coefficient (Wildman–Crippen LogP) is 2.16. The largest absolute Gasteiger partial charge is 0.367 e. The minimum absolute atomic E-state index is 0.0501. The normalized spacial score (nSPS) is 15.3. The monoisotopic (exact) mass is 367 g/mol. The van der Waals surface area contributed by atoms with Crippen LogP contribution < -0.4 is 5.32 Å². The van der Waals surface area contributed by atoms with Gasteiger partial charge in [0.2, 0.25) is 5.91 Å². The zero-order valence-corrected chi connectivity index (χ0v) is 16.0. The molecule has 1 aliphatic rings. The number of benzene rings is 2. The lowest BCUT2D eigenvalue weighted by Crippen LogP contribution is -2.51. The predicted molar refractivity (Wildman–Crippen MR) is 108 cm³/mol. The number of likely N-dealkylation sites (N-methyl/N-ethyl adjacent to an activating group) is 1. The van der Waals surface area contributed by atoms with Crippen LogP contribution in [0.2, 0.25) is 0 Å². The molecular formula is C22H29N3O2. The average molecular weight is 367 g/mol. The number of carbonyl (C=O) groups excluding carboxylic acids is 1. The Kier molecular flexibility index (Phi) is 7.39. The minimum Gasteiger partial charge on any atom is -0.367 e. The van der Waals surface area contributed by atoms with Crippen molar-refractivity contribution in [3.8, 4) is 0 Å². The average Bonchev–Trinajstić information content (AvgIpc) is 2.73. The summed E-state index contributed by atoms with van der Waals surface area (Å²) in [5.41, 5.74) is 2.34. The van der Waals surface area contributed by atoms with Gasteiger partial charge in [0, 0.05) is 32.7 Å². The molecule has 3 rings (SSSR count). The Balaban J connectivity index is 1.51. The van der Waals surface area contributed by atoms with Gasteiger partial charge in [-0.05, 0) is 18.2 Å². The molecule has 5 heteroatoms. The van der Waals surface area contributed by atoms with Crippen LogP contribution >= 0.6 is 0 Å². The molecule has 0 aliphatic carbocycles. The van der Waals surface area contributed by atoms with Crippen LogP contribution in [-0.2, 0) is 9.53 Å². The maximum atomic E-state index is 11.9. The van der Waals surface area contributed by atoms with E-state index in [0.29, 0.717) is 13.2 Å². The van der Waals surface area contributed by atoms with Gasteiger partial charge in [0.25, 0.3) is 0 Å². The maximum Gasteiger partial charge on any atom is 0.236 e.